The molecule has 3 heterocycles. The van der Waals surface area contributed by atoms with E-state index in [2.05, 4.69) is 37.3 Å². The average Bonchev–Trinajstić information content (AvgIpc) is 3.12. The van der Waals surface area contributed by atoms with Crippen LogP contribution in [0, 0.1) is 0 Å². The van der Waals surface area contributed by atoms with Crippen LogP contribution in [0.5, 0.6) is 0 Å². The van der Waals surface area contributed by atoms with Gasteiger partial charge in [0.25, 0.3) is 0 Å². The Morgan fingerprint density at radius 1 is 1.12 bits per heavy atom. The number of thiophene rings is 1. The molecule has 1 saturated heterocycles. The highest BCUT2D eigenvalue weighted by molar-refractivity contribution is 7.17. The Kier molecular flexibility index (Phi) is 5.36. The summed E-state index contributed by atoms with van der Waals surface area (Å²) in [5, 5.41) is 4.06. The summed E-state index contributed by atoms with van der Waals surface area (Å²) in [7, 11) is 1.75. The lowest BCUT2D eigenvalue weighted by atomic mass is 10.1. The molecule has 0 N–H and O–H groups in total. The number of methoxy groups -OCH3 is 1. The van der Waals surface area contributed by atoms with Crippen molar-refractivity contribution in [2.24, 2.45) is 0 Å². The maximum atomic E-state index is 6.05. The van der Waals surface area contributed by atoms with Crippen LogP contribution >= 0.6 is 22.9 Å². The molecule has 0 spiro atoms. The monoisotopic (exact) mass is 388 g/mol. The Bertz CT molecular complexity index is 875. The van der Waals surface area contributed by atoms with Gasteiger partial charge in [-0.05, 0) is 17.7 Å². The quantitative estimate of drug-likeness (QED) is 0.665. The first-order chi connectivity index (χ1) is 12.8. The van der Waals surface area contributed by atoms with Gasteiger partial charge in [0.05, 0.1) is 12.0 Å². The Morgan fingerprint density at radius 2 is 1.88 bits per heavy atom. The molecule has 1 aromatic carbocycles. The van der Waals surface area contributed by atoms with Crippen LogP contribution in [0.3, 0.4) is 0 Å². The fourth-order valence-corrected chi connectivity index (χ4v) is 4.38. The SMILES string of the molecule is COCCN1CCN(c2ncnc3scc(-c4ccc(Cl)cc4)c23)CC1. The van der Waals surface area contributed by atoms with Gasteiger partial charge in [0.15, 0.2) is 0 Å². The first-order valence-electron chi connectivity index (χ1n) is 8.70. The number of halogens is 1. The number of hydrogen-bond donors (Lipinski definition) is 0. The van der Waals surface area contributed by atoms with E-state index in [1.54, 1.807) is 24.8 Å². The van der Waals surface area contributed by atoms with Gasteiger partial charge in [-0.3, -0.25) is 4.90 Å². The highest BCUT2D eigenvalue weighted by atomic mass is 35.5. The predicted octanol–water partition coefficient (Wildman–Crippen LogP) is 3.78. The molecule has 1 aliphatic rings. The minimum atomic E-state index is 0.747. The van der Waals surface area contributed by atoms with E-state index in [-0.39, 0.29) is 0 Å². The molecule has 0 bridgehead atoms. The minimum Gasteiger partial charge on any atom is -0.383 e. The van der Waals surface area contributed by atoms with Crippen molar-refractivity contribution in [3.05, 3.63) is 41.0 Å². The molecule has 0 radical (unpaired) electrons. The van der Waals surface area contributed by atoms with Crippen LogP contribution in [0.1, 0.15) is 0 Å². The zero-order valence-electron chi connectivity index (χ0n) is 14.7. The van der Waals surface area contributed by atoms with Gasteiger partial charge in [0.2, 0.25) is 0 Å². The predicted molar refractivity (Wildman–Crippen MR) is 108 cm³/mol. The van der Waals surface area contributed by atoms with Gasteiger partial charge in [0, 0.05) is 55.8 Å². The number of piperazine rings is 1. The lowest BCUT2D eigenvalue weighted by Gasteiger charge is -2.35. The third kappa shape index (κ3) is 3.55. The fourth-order valence-electron chi connectivity index (χ4n) is 3.34. The van der Waals surface area contributed by atoms with E-state index >= 15 is 0 Å². The van der Waals surface area contributed by atoms with Gasteiger partial charge in [-0.1, -0.05) is 23.7 Å². The third-order valence-corrected chi connectivity index (χ3v) is 5.93. The molecular formula is C19H21ClN4OS. The highest BCUT2D eigenvalue weighted by Gasteiger charge is 2.22. The molecule has 26 heavy (non-hydrogen) atoms. The largest absolute Gasteiger partial charge is 0.383 e. The van der Waals surface area contributed by atoms with Gasteiger partial charge in [0.1, 0.15) is 17.0 Å². The molecule has 4 rings (SSSR count). The first kappa shape index (κ1) is 17.7. The lowest BCUT2D eigenvalue weighted by Crippen LogP contribution is -2.47. The van der Waals surface area contributed by atoms with Crippen molar-refractivity contribution in [2.75, 3.05) is 51.3 Å². The molecule has 1 fully saturated rings. The van der Waals surface area contributed by atoms with E-state index in [0.717, 1.165) is 66.0 Å². The van der Waals surface area contributed by atoms with Crippen LogP contribution in [-0.2, 0) is 4.74 Å². The number of aromatic nitrogens is 2. The van der Waals surface area contributed by atoms with Crippen LogP contribution in [0.2, 0.25) is 5.02 Å². The van der Waals surface area contributed by atoms with Crippen molar-refractivity contribution in [2.45, 2.75) is 0 Å². The fraction of sp³-hybridized carbons (Fsp3) is 0.368. The molecule has 5 nitrogen and oxygen atoms in total. The summed E-state index contributed by atoms with van der Waals surface area (Å²) in [6.45, 7) is 5.74. The zero-order chi connectivity index (χ0) is 17.9. The smallest absolute Gasteiger partial charge is 0.141 e. The second kappa shape index (κ2) is 7.88. The second-order valence-electron chi connectivity index (χ2n) is 6.36. The molecular weight excluding hydrogens is 368 g/mol. The Balaban J connectivity index is 1.64. The summed E-state index contributed by atoms with van der Waals surface area (Å²) in [5.41, 5.74) is 2.33. The normalized spacial score (nSPS) is 15.7. The summed E-state index contributed by atoms with van der Waals surface area (Å²) in [6, 6.07) is 7.98. The van der Waals surface area contributed by atoms with Gasteiger partial charge >= 0.3 is 0 Å². The molecule has 7 heteroatoms. The van der Waals surface area contributed by atoms with Crippen molar-refractivity contribution >= 4 is 39.0 Å². The van der Waals surface area contributed by atoms with Crippen LogP contribution in [0.25, 0.3) is 21.3 Å². The van der Waals surface area contributed by atoms with Crippen LogP contribution in [-0.4, -0.2) is 61.3 Å². The summed E-state index contributed by atoms with van der Waals surface area (Å²) >= 11 is 7.72. The van der Waals surface area contributed by atoms with Crippen LogP contribution in [0.4, 0.5) is 5.82 Å². The maximum Gasteiger partial charge on any atom is 0.141 e. The highest BCUT2D eigenvalue weighted by Crippen LogP contribution is 2.38. The van der Waals surface area contributed by atoms with E-state index in [9.17, 15) is 0 Å². The molecule has 0 saturated carbocycles. The lowest BCUT2D eigenvalue weighted by molar-refractivity contribution is 0.144. The molecule has 0 amide bonds. The van der Waals surface area contributed by atoms with E-state index in [0.29, 0.717) is 0 Å². The topological polar surface area (TPSA) is 41.5 Å². The minimum absolute atomic E-state index is 0.747. The van der Waals surface area contributed by atoms with Crippen molar-refractivity contribution in [1.82, 2.24) is 14.9 Å². The van der Waals surface area contributed by atoms with E-state index in [4.69, 9.17) is 16.3 Å². The van der Waals surface area contributed by atoms with Crippen molar-refractivity contribution in [1.29, 1.82) is 0 Å². The molecule has 0 aliphatic carbocycles. The van der Waals surface area contributed by atoms with Crippen molar-refractivity contribution in [3.63, 3.8) is 0 Å². The third-order valence-electron chi connectivity index (χ3n) is 4.79. The number of anilines is 1. The second-order valence-corrected chi connectivity index (χ2v) is 7.65. The molecule has 0 unspecified atom stereocenters. The van der Waals surface area contributed by atoms with Crippen LogP contribution < -0.4 is 4.90 Å². The molecule has 136 valence electrons. The average molecular weight is 389 g/mol. The van der Waals surface area contributed by atoms with Crippen molar-refractivity contribution in [3.8, 4) is 11.1 Å². The molecule has 0 atom stereocenters. The number of rotatable bonds is 5. The number of nitrogens with zero attached hydrogens (tertiary/aromatic N) is 4. The summed E-state index contributed by atoms with van der Waals surface area (Å²) in [4.78, 5) is 15.0. The number of fused-ring (bicyclic) bond motifs is 1. The van der Waals surface area contributed by atoms with Crippen LogP contribution in [0.15, 0.2) is 36.0 Å². The van der Waals surface area contributed by atoms with Gasteiger partial charge in [-0.2, -0.15) is 0 Å². The zero-order valence-corrected chi connectivity index (χ0v) is 16.3. The van der Waals surface area contributed by atoms with Crippen molar-refractivity contribution < 1.29 is 4.74 Å². The van der Waals surface area contributed by atoms with Gasteiger partial charge < -0.3 is 9.64 Å². The molecule has 3 aromatic rings. The number of benzene rings is 1. The number of hydrogen-bond acceptors (Lipinski definition) is 6. The first-order valence-corrected chi connectivity index (χ1v) is 9.96. The maximum absolute atomic E-state index is 6.05. The summed E-state index contributed by atoms with van der Waals surface area (Å²) < 4.78 is 5.19. The molecule has 2 aromatic heterocycles. The van der Waals surface area contributed by atoms with E-state index < -0.39 is 0 Å². The Labute approximate surface area is 162 Å². The standard InChI is InChI=1S/C19H21ClN4OS/c1-25-11-10-23-6-8-24(9-7-23)18-17-16(12-26-19(17)22-13-21-18)14-2-4-15(20)5-3-14/h2-5,12-13H,6-11H2,1H3. The summed E-state index contributed by atoms with van der Waals surface area (Å²) in [6.07, 6.45) is 1.68. The van der Waals surface area contributed by atoms with Gasteiger partial charge in [-0.25, -0.2) is 9.97 Å². The Morgan fingerprint density at radius 3 is 2.62 bits per heavy atom. The molecule has 1 aliphatic heterocycles. The summed E-state index contributed by atoms with van der Waals surface area (Å²) in [5.74, 6) is 1.03. The Hall–Kier alpha value is -1.73. The van der Waals surface area contributed by atoms with E-state index in [1.807, 2.05) is 12.1 Å². The van der Waals surface area contributed by atoms with Gasteiger partial charge in [-0.15, -0.1) is 11.3 Å². The number of ether oxygens (including phenoxy) is 1. The van der Waals surface area contributed by atoms with E-state index in [1.165, 1.54) is 5.56 Å².